The van der Waals surface area contributed by atoms with Gasteiger partial charge in [-0.15, -0.1) is 0 Å². The number of aldehydes is 1. The van der Waals surface area contributed by atoms with E-state index in [-0.39, 0.29) is 24.1 Å². The third-order valence-corrected chi connectivity index (χ3v) is 9.32. The molecule has 0 bridgehead atoms. The maximum absolute atomic E-state index is 14.3. The summed E-state index contributed by atoms with van der Waals surface area (Å²) in [6, 6.07) is 21.0. The Hall–Kier alpha value is -3.76. The van der Waals surface area contributed by atoms with E-state index in [4.69, 9.17) is 4.74 Å². The van der Waals surface area contributed by atoms with Crippen LogP contribution in [0.15, 0.2) is 66.7 Å². The van der Waals surface area contributed by atoms with Crippen molar-refractivity contribution in [3.05, 3.63) is 94.5 Å². The average Bonchev–Trinajstić information content (AvgIpc) is 2.93. The van der Waals surface area contributed by atoms with E-state index >= 15 is 0 Å². The molecule has 0 aromatic heterocycles. The van der Waals surface area contributed by atoms with Gasteiger partial charge in [0.05, 0.1) is 7.11 Å². The Morgan fingerprint density at radius 3 is 1.85 bits per heavy atom. The first-order valence-electron chi connectivity index (χ1n) is 13.3. The Bertz CT molecular complexity index is 1360. The van der Waals surface area contributed by atoms with Crippen molar-refractivity contribution in [2.24, 2.45) is 11.8 Å². The number of Topliss-reactive ketones (excluding diaryl/α,β-unsaturated/α-hetero) is 2. The van der Waals surface area contributed by atoms with Crippen LogP contribution in [0.2, 0.25) is 0 Å². The Morgan fingerprint density at radius 1 is 0.850 bits per heavy atom. The predicted molar refractivity (Wildman–Crippen MR) is 158 cm³/mol. The van der Waals surface area contributed by atoms with Gasteiger partial charge < -0.3 is 9.53 Å². The SMILES string of the molecule is CCCC(=O)C(CC(=O)c1c(C)cc(C)c(C(=O)P(c2ccccc2)c2ccccc2)c1C)C(C=O)C(=O)OC. The zero-order valence-corrected chi connectivity index (χ0v) is 24.5. The van der Waals surface area contributed by atoms with Crippen molar-refractivity contribution in [3.63, 3.8) is 0 Å². The van der Waals surface area contributed by atoms with Crippen molar-refractivity contribution in [1.29, 1.82) is 0 Å². The number of carbonyl (C=O) groups is 5. The molecule has 3 rings (SSSR count). The summed E-state index contributed by atoms with van der Waals surface area (Å²) in [7, 11) is -0.285. The van der Waals surface area contributed by atoms with Crippen molar-refractivity contribution < 1.29 is 28.7 Å². The lowest BCUT2D eigenvalue weighted by atomic mass is 9.81. The Balaban J connectivity index is 2.11. The fourth-order valence-corrected chi connectivity index (χ4v) is 7.49. The van der Waals surface area contributed by atoms with Crippen LogP contribution in [0.4, 0.5) is 0 Å². The molecule has 6 nitrogen and oxygen atoms in total. The topological polar surface area (TPSA) is 94.6 Å². The van der Waals surface area contributed by atoms with Crippen LogP contribution in [0.5, 0.6) is 0 Å². The number of hydrogen-bond donors (Lipinski definition) is 0. The first-order chi connectivity index (χ1) is 19.2. The van der Waals surface area contributed by atoms with Crippen LogP contribution >= 0.6 is 7.92 Å². The summed E-state index contributed by atoms with van der Waals surface area (Å²) < 4.78 is 4.75. The molecule has 3 aromatic rings. The van der Waals surface area contributed by atoms with E-state index < -0.39 is 31.5 Å². The molecule has 0 aliphatic carbocycles. The third kappa shape index (κ3) is 6.68. The van der Waals surface area contributed by atoms with E-state index in [1.165, 1.54) is 0 Å². The molecule has 0 amide bonds. The number of esters is 1. The maximum Gasteiger partial charge on any atom is 0.316 e. The molecule has 0 radical (unpaired) electrons. The number of ketones is 2. The van der Waals surface area contributed by atoms with Crippen LogP contribution in [-0.4, -0.2) is 36.5 Å². The summed E-state index contributed by atoms with van der Waals surface area (Å²) in [5, 5.41) is 1.80. The van der Waals surface area contributed by atoms with E-state index in [0.29, 0.717) is 35.0 Å². The van der Waals surface area contributed by atoms with Gasteiger partial charge in [0, 0.05) is 37.8 Å². The molecule has 0 spiro atoms. The van der Waals surface area contributed by atoms with Gasteiger partial charge >= 0.3 is 5.97 Å². The molecule has 0 saturated carbocycles. The van der Waals surface area contributed by atoms with Crippen LogP contribution in [0, 0.1) is 32.6 Å². The highest BCUT2D eigenvalue weighted by molar-refractivity contribution is 7.88. The standard InChI is InChI=1S/C33H35O6P/c1-6-13-28(35)26(27(20-34)32(37)39-5)19-29(36)30-21(2)18-22(3)31(23(30)4)33(38)40(24-14-9-7-10-15-24)25-16-11-8-12-17-25/h7-12,14-18,20,26-27H,6,13,19H2,1-5H3. The average molecular weight is 559 g/mol. The van der Waals surface area contributed by atoms with E-state index in [9.17, 15) is 24.0 Å². The zero-order valence-electron chi connectivity index (χ0n) is 23.6. The smallest absolute Gasteiger partial charge is 0.316 e. The van der Waals surface area contributed by atoms with Crippen LogP contribution in [0.3, 0.4) is 0 Å². The number of aryl methyl sites for hydroxylation is 2. The summed E-state index contributed by atoms with van der Waals surface area (Å²) in [4.78, 5) is 65.2. The molecule has 0 saturated heterocycles. The van der Waals surface area contributed by atoms with Gasteiger partial charge in [0.2, 0.25) is 0 Å². The van der Waals surface area contributed by atoms with Gasteiger partial charge in [-0.3, -0.25) is 19.2 Å². The highest BCUT2D eigenvalue weighted by Gasteiger charge is 2.37. The second-order valence-corrected chi connectivity index (χ2v) is 11.9. The van der Waals surface area contributed by atoms with E-state index in [1.54, 1.807) is 13.8 Å². The molecular formula is C33H35O6P. The first-order valence-corrected chi connectivity index (χ1v) is 14.6. The summed E-state index contributed by atoms with van der Waals surface area (Å²) in [5.41, 5.74) is 2.71. The monoisotopic (exact) mass is 558 g/mol. The van der Waals surface area contributed by atoms with Crippen LogP contribution in [0.25, 0.3) is 0 Å². The maximum atomic E-state index is 14.3. The van der Waals surface area contributed by atoms with Crippen LogP contribution < -0.4 is 10.6 Å². The van der Waals surface area contributed by atoms with Crippen LogP contribution in [0.1, 0.15) is 63.6 Å². The molecule has 0 N–H and O–H groups in total. The summed E-state index contributed by atoms with van der Waals surface area (Å²) >= 11 is 0. The first kappa shape index (κ1) is 30.8. The van der Waals surface area contributed by atoms with Gasteiger partial charge in [-0.25, -0.2) is 0 Å². The van der Waals surface area contributed by atoms with Crippen molar-refractivity contribution in [3.8, 4) is 0 Å². The molecule has 208 valence electrons. The number of ether oxygens (including phenoxy) is 1. The van der Waals surface area contributed by atoms with Crippen molar-refractivity contribution in [1.82, 2.24) is 0 Å². The second-order valence-electron chi connectivity index (χ2n) is 9.83. The number of methoxy groups -OCH3 is 1. The Labute approximate surface area is 236 Å². The number of rotatable bonds is 13. The van der Waals surface area contributed by atoms with Gasteiger partial charge in [-0.05, 0) is 54.5 Å². The molecule has 2 atom stereocenters. The molecule has 0 aliphatic heterocycles. The molecule has 0 aliphatic rings. The molecule has 0 heterocycles. The minimum atomic E-state index is -1.43. The van der Waals surface area contributed by atoms with E-state index in [2.05, 4.69) is 0 Å². The van der Waals surface area contributed by atoms with Crippen molar-refractivity contribution in [2.75, 3.05) is 7.11 Å². The predicted octanol–water partition coefficient (Wildman–Crippen LogP) is 5.43. The Morgan fingerprint density at radius 2 is 1.38 bits per heavy atom. The van der Waals surface area contributed by atoms with E-state index in [1.807, 2.05) is 80.6 Å². The lowest BCUT2D eigenvalue weighted by Crippen LogP contribution is -2.34. The van der Waals surface area contributed by atoms with Gasteiger partial charge in [0.25, 0.3) is 0 Å². The Kier molecular flexibility index (Phi) is 10.8. The number of benzene rings is 3. The van der Waals surface area contributed by atoms with Gasteiger partial charge in [0.15, 0.2) is 11.3 Å². The third-order valence-electron chi connectivity index (χ3n) is 7.06. The molecule has 2 unspecified atom stereocenters. The molecule has 0 fully saturated rings. The number of carbonyl (C=O) groups excluding carboxylic acids is 5. The van der Waals surface area contributed by atoms with Gasteiger partial charge in [-0.1, -0.05) is 73.7 Å². The lowest BCUT2D eigenvalue weighted by molar-refractivity contribution is -0.151. The fraction of sp³-hybridized carbons (Fsp3) is 0.303. The quantitative estimate of drug-likeness (QED) is 0.0913. The molecule has 7 heteroatoms. The van der Waals surface area contributed by atoms with E-state index in [0.717, 1.165) is 23.3 Å². The van der Waals surface area contributed by atoms with Gasteiger partial charge in [-0.2, -0.15) is 0 Å². The largest absolute Gasteiger partial charge is 0.468 e. The number of hydrogen-bond acceptors (Lipinski definition) is 6. The lowest BCUT2D eigenvalue weighted by Gasteiger charge is -2.23. The van der Waals surface area contributed by atoms with Crippen molar-refractivity contribution in [2.45, 2.75) is 47.0 Å². The normalized spacial score (nSPS) is 12.4. The highest BCUT2D eigenvalue weighted by atomic mass is 31.1. The van der Waals surface area contributed by atoms with Crippen molar-refractivity contribution >= 4 is 47.9 Å². The second kappa shape index (κ2) is 14.0. The highest BCUT2D eigenvalue weighted by Crippen LogP contribution is 2.41. The minimum absolute atomic E-state index is 0.0737. The summed E-state index contributed by atoms with van der Waals surface area (Å²) in [5.74, 6) is -4.08. The molecular weight excluding hydrogens is 523 g/mol. The zero-order chi connectivity index (χ0) is 29.4. The van der Waals surface area contributed by atoms with Gasteiger partial charge in [0.1, 0.15) is 18.0 Å². The summed E-state index contributed by atoms with van der Waals surface area (Å²) in [6.45, 7) is 7.22. The van der Waals surface area contributed by atoms with Crippen LogP contribution in [-0.2, 0) is 19.1 Å². The minimum Gasteiger partial charge on any atom is -0.468 e. The fourth-order valence-electron chi connectivity index (χ4n) is 5.22. The molecule has 40 heavy (non-hydrogen) atoms. The molecule has 3 aromatic carbocycles. The summed E-state index contributed by atoms with van der Waals surface area (Å²) in [6.07, 6.45) is 0.698.